The highest BCUT2D eigenvalue weighted by Gasteiger charge is 2.20. The molecule has 2 rings (SSSR count). The van der Waals surface area contributed by atoms with Crippen LogP contribution < -0.4 is 4.74 Å². The first-order valence-electron chi connectivity index (χ1n) is 12.0. The molecule has 1 aromatic carbocycles. The number of benzene rings is 1. The summed E-state index contributed by atoms with van der Waals surface area (Å²) in [4.78, 5) is 10.3. The van der Waals surface area contributed by atoms with Gasteiger partial charge in [0.2, 0.25) is 0 Å². The number of nitrogens with zero attached hydrogens (tertiary/aromatic N) is 2. The molecule has 1 aromatic heterocycles. The minimum Gasteiger partial charge on any atom is -0.491 e. The van der Waals surface area contributed by atoms with Crippen molar-refractivity contribution in [2.75, 3.05) is 27.2 Å². The van der Waals surface area contributed by atoms with E-state index in [0.29, 0.717) is 12.3 Å². The first-order valence-corrected chi connectivity index (χ1v) is 14.4. The molecule has 0 saturated carbocycles. The zero-order chi connectivity index (χ0) is 25.0. The van der Waals surface area contributed by atoms with Gasteiger partial charge in [0.1, 0.15) is 17.2 Å². The molecule has 0 atom stereocenters. The quantitative estimate of drug-likeness (QED) is 0.0731. The summed E-state index contributed by atoms with van der Waals surface area (Å²) >= 11 is 10.6. The number of hydrogen-bond acceptors (Lipinski definition) is 4. The van der Waals surface area contributed by atoms with Gasteiger partial charge in [-0.25, -0.2) is 0 Å². The van der Waals surface area contributed by atoms with Crippen molar-refractivity contribution in [2.24, 2.45) is 0 Å². The second kappa shape index (κ2) is 15.3. The van der Waals surface area contributed by atoms with Crippen LogP contribution in [0.2, 0.25) is 0 Å². The number of hydrogen-bond donors (Lipinski definition) is 0. The van der Waals surface area contributed by atoms with Crippen molar-refractivity contribution in [1.29, 1.82) is 0 Å². The Hall–Kier alpha value is -0.900. The topological polar surface area (TPSA) is 65.5 Å². The van der Waals surface area contributed by atoms with E-state index in [1.54, 1.807) is 6.07 Å². The Kier molecular flexibility index (Phi) is 13.2. The summed E-state index contributed by atoms with van der Waals surface area (Å²) in [5, 5.41) is 10.8. The normalized spacial score (nSPS) is 11.7. The Labute approximate surface area is 228 Å². The molecule has 0 fully saturated rings. The zero-order valence-corrected chi connectivity index (χ0v) is 24.9. The lowest BCUT2D eigenvalue weighted by Gasteiger charge is -2.28. The first-order chi connectivity index (χ1) is 16.2. The SMILES string of the molecule is C[N+](C)(CCCCCCCCCCCCOc1c(Br)cc(Br)cc1Br)Cc1ccc([N+](=O)[O-])o1. The van der Waals surface area contributed by atoms with Crippen molar-refractivity contribution >= 4 is 53.7 Å². The minimum atomic E-state index is -0.484. The van der Waals surface area contributed by atoms with Crippen molar-refractivity contribution in [3.05, 3.63) is 53.6 Å². The molecule has 9 heteroatoms. The summed E-state index contributed by atoms with van der Waals surface area (Å²) in [6.45, 7) is 2.46. The number of rotatable bonds is 17. The molecule has 1 heterocycles. The van der Waals surface area contributed by atoms with Crippen LogP contribution in [-0.4, -0.2) is 36.7 Å². The fraction of sp³-hybridized carbons (Fsp3) is 0.600. The van der Waals surface area contributed by atoms with E-state index in [0.717, 1.165) is 43.2 Å². The van der Waals surface area contributed by atoms with E-state index < -0.39 is 4.92 Å². The lowest BCUT2D eigenvalue weighted by atomic mass is 10.1. The zero-order valence-electron chi connectivity index (χ0n) is 20.2. The van der Waals surface area contributed by atoms with Gasteiger partial charge in [0.25, 0.3) is 0 Å². The van der Waals surface area contributed by atoms with Crippen LogP contribution in [-0.2, 0) is 6.54 Å². The minimum absolute atomic E-state index is 0.175. The lowest BCUT2D eigenvalue weighted by Crippen LogP contribution is -2.39. The van der Waals surface area contributed by atoms with Gasteiger partial charge < -0.3 is 13.6 Å². The Morgan fingerprint density at radius 1 is 0.882 bits per heavy atom. The average molecular weight is 668 g/mol. The van der Waals surface area contributed by atoms with Gasteiger partial charge in [-0.1, -0.05) is 60.9 Å². The van der Waals surface area contributed by atoms with E-state index in [-0.39, 0.29) is 5.88 Å². The molecule has 0 unspecified atom stereocenters. The molecule has 6 nitrogen and oxygen atoms in total. The van der Waals surface area contributed by atoms with Gasteiger partial charge in [0.05, 0.1) is 42.3 Å². The number of halogens is 3. The van der Waals surface area contributed by atoms with Crippen molar-refractivity contribution in [3.63, 3.8) is 0 Å². The fourth-order valence-electron chi connectivity index (χ4n) is 3.95. The van der Waals surface area contributed by atoms with Crippen LogP contribution >= 0.6 is 47.8 Å². The number of furan rings is 1. The van der Waals surface area contributed by atoms with E-state index in [2.05, 4.69) is 61.9 Å². The third-order valence-electron chi connectivity index (χ3n) is 5.78. The maximum atomic E-state index is 10.8. The highest BCUT2D eigenvalue weighted by atomic mass is 79.9. The Morgan fingerprint density at radius 3 is 1.94 bits per heavy atom. The largest absolute Gasteiger partial charge is 0.491 e. The molecule has 190 valence electrons. The first kappa shape index (κ1) is 29.3. The number of nitro groups is 1. The summed E-state index contributed by atoms with van der Waals surface area (Å²) in [6, 6.07) is 7.14. The molecule has 0 radical (unpaired) electrons. The summed E-state index contributed by atoms with van der Waals surface area (Å²) in [7, 11) is 4.30. The maximum absolute atomic E-state index is 10.8. The highest BCUT2D eigenvalue weighted by Crippen LogP contribution is 2.36. The van der Waals surface area contributed by atoms with E-state index in [4.69, 9.17) is 9.15 Å². The van der Waals surface area contributed by atoms with Crippen molar-refractivity contribution < 1.29 is 18.6 Å². The molecule has 0 saturated heterocycles. The van der Waals surface area contributed by atoms with E-state index in [1.807, 2.05) is 12.1 Å². The van der Waals surface area contributed by atoms with Crippen LogP contribution in [0.1, 0.15) is 70.0 Å². The van der Waals surface area contributed by atoms with E-state index in [1.165, 1.54) is 63.9 Å². The van der Waals surface area contributed by atoms with Gasteiger partial charge in [0, 0.05) is 4.47 Å². The molecule has 0 bridgehead atoms. The Balaban J connectivity index is 1.43. The molecule has 0 aliphatic heterocycles. The molecule has 0 aliphatic rings. The van der Waals surface area contributed by atoms with Crippen molar-refractivity contribution in [3.8, 4) is 5.75 Å². The summed E-state index contributed by atoms with van der Waals surface area (Å²) in [6.07, 6.45) is 12.4. The van der Waals surface area contributed by atoms with Gasteiger partial charge in [-0.2, -0.15) is 0 Å². The third kappa shape index (κ3) is 11.2. The number of quaternary nitrogens is 1. The van der Waals surface area contributed by atoms with Crippen LogP contribution in [0.5, 0.6) is 5.75 Å². The average Bonchev–Trinajstić information content (AvgIpc) is 3.21. The van der Waals surface area contributed by atoms with E-state index >= 15 is 0 Å². The number of ether oxygens (including phenoxy) is 1. The maximum Gasteiger partial charge on any atom is 0.433 e. The van der Waals surface area contributed by atoms with Gasteiger partial charge >= 0.3 is 5.88 Å². The Morgan fingerprint density at radius 2 is 1.41 bits per heavy atom. The van der Waals surface area contributed by atoms with Crippen LogP contribution in [0.15, 0.2) is 42.1 Å². The van der Waals surface area contributed by atoms with Crippen LogP contribution in [0, 0.1) is 10.1 Å². The molecule has 0 spiro atoms. The van der Waals surface area contributed by atoms with Gasteiger partial charge in [-0.05, 0) is 69.3 Å². The molecule has 0 N–H and O–H groups in total. The second-order valence-corrected chi connectivity index (χ2v) is 12.0. The van der Waals surface area contributed by atoms with Crippen molar-refractivity contribution in [1.82, 2.24) is 0 Å². The summed E-state index contributed by atoms with van der Waals surface area (Å²) < 4.78 is 14.9. The van der Waals surface area contributed by atoms with Gasteiger partial charge in [0.15, 0.2) is 5.76 Å². The Bertz CT molecular complexity index is 879. The predicted molar refractivity (Wildman–Crippen MR) is 147 cm³/mol. The molecule has 34 heavy (non-hydrogen) atoms. The summed E-state index contributed by atoms with van der Waals surface area (Å²) in [5.41, 5.74) is 0. The molecular weight excluding hydrogens is 632 g/mol. The molecule has 0 aliphatic carbocycles. The second-order valence-electron chi connectivity index (χ2n) is 9.40. The van der Waals surface area contributed by atoms with Crippen LogP contribution in [0.25, 0.3) is 0 Å². The van der Waals surface area contributed by atoms with E-state index in [9.17, 15) is 10.1 Å². The monoisotopic (exact) mass is 665 g/mol. The molecule has 2 aromatic rings. The van der Waals surface area contributed by atoms with Gasteiger partial charge in [-0.3, -0.25) is 10.1 Å². The predicted octanol–water partition coefficient (Wildman–Crippen LogP) is 9.03. The molecular formula is C25H36Br3N2O4+. The van der Waals surface area contributed by atoms with Crippen LogP contribution in [0.4, 0.5) is 5.88 Å². The fourth-order valence-corrected chi connectivity index (χ4v) is 6.44. The number of unbranched alkanes of at least 4 members (excludes halogenated alkanes) is 9. The standard InChI is InChI=1S/C25H36Br3N2O4/c1-30(2,19-21-13-14-24(34-21)29(31)32)15-11-9-7-5-3-4-6-8-10-12-16-33-25-22(27)17-20(26)18-23(25)28/h13-14,17-18H,3-12,15-16,19H2,1-2H3/q+1. The lowest BCUT2D eigenvalue weighted by molar-refractivity contribution is -0.904. The highest BCUT2D eigenvalue weighted by molar-refractivity contribution is 9.11. The van der Waals surface area contributed by atoms with Crippen molar-refractivity contribution in [2.45, 2.75) is 70.8 Å². The third-order valence-corrected chi connectivity index (χ3v) is 7.41. The van der Waals surface area contributed by atoms with Crippen LogP contribution in [0.3, 0.4) is 0 Å². The summed E-state index contributed by atoms with van der Waals surface area (Å²) in [5.74, 6) is 1.37. The van der Waals surface area contributed by atoms with Gasteiger partial charge in [-0.15, -0.1) is 0 Å². The molecule has 0 amide bonds. The smallest absolute Gasteiger partial charge is 0.433 e.